The molecule has 4 saturated carbocycles. The van der Waals surface area contributed by atoms with E-state index in [0.29, 0.717) is 43.1 Å². The van der Waals surface area contributed by atoms with Crippen molar-refractivity contribution in [3.8, 4) is 0 Å². The Kier molecular flexibility index (Phi) is 11.1. The van der Waals surface area contributed by atoms with E-state index in [-0.39, 0.29) is 5.76 Å². The Morgan fingerprint density at radius 2 is 1.24 bits per heavy atom. The molecule has 0 aromatic heterocycles. The van der Waals surface area contributed by atoms with Gasteiger partial charge in [-0.2, -0.15) is 13.2 Å². The van der Waals surface area contributed by atoms with Gasteiger partial charge in [-0.25, -0.2) is 0 Å². The van der Waals surface area contributed by atoms with E-state index in [9.17, 15) is 18.3 Å². The van der Waals surface area contributed by atoms with Gasteiger partial charge in [-0.3, -0.25) is 0 Å². The van der Waals surface area contributed by atoms with E-state index in [0.717, 1.165) is 43.9 Å². The fourth-order valence-corrected chi connectivity index (χ4v) is 8.73. The third-order valence-corrected chi connectivity index (χ3v) is 10.9. The summed E-state index contributed by atoms with van der Waals surface area (Å²) >= 11 is 0. The Hall–Kier alpha value is -0.710. The summed E-state index contributed by atoms with van der Waals surface area (Å²) in [6.45, 7) is 6.11. The van der Waals surface area contributed by atoms with Gasteiger partial charge in [0.25, 0.3) is 0 Å². The normalized spacial score (nSPS) is 33.0. The third-order valence-electron chi connectivity index (χ3n) is 10.9. The van der Waals surface area contributed by atoms with Crippen LogP contribution < -0.4 is 0 Å². The van der Waals surface area contributed by atoms with Crippen LogP contribution >= 0.6 is 0 Å². The van der Waals surface area contributed by atoms with Crippen molar-refractivity contribution in [3.05, 3.63) is 12.3 Å². The molecule has 214 valence electrons. The summed E-state index contributed by atoms with van der Waals surface area (Å²) in [6, 6.07) is 0.503. The standard InChI is InChI=1S/C32H54F3NO/c1-24(37)22-27-12-17-31(30(23-27)28-13-15-29(16-14-28)32(33,34)35)36(20-18-25-8-4-2-5-9-25)21-19-26-10-6-3-7-11-26/h25-31,37H,1-23H2/t27-,28?,29?,30-,31+/m0/s1. The molecule has 0 saturated heterocycles. The molecule has 37 heavy (non-hydrogen) atoms. The van der Waals surface area contributed by atoms with Crippen molar-refractivity contribution in [2.45, 2.75) is 141 Å². The SMILES string of the molecule is C=C(O)C[C@@H]1CC[C@@H](N(CCC2CCCCC2)CCC2CCCCC2)[C@H](C2CCC(C(F)(F)F)CC2)C1. The molecule has 0 aromatic rings. The maximum atomic E-state index is 13.4. The maximum Gasteiger partial charge on any atom is 0.391 e. The van der Waals surface area contributed by atoms with Crippen molar-refractivity contribution in [1.82, 2.24) is 4.90 Å². The lowest BCUT2D eigenvalue weighted by molar-refractivity contribution is -0.185. The van der Waals surface area contributed by atoms with Crippen LogP contribution in [0.15, 0.2) is 12.3 Å². The Morgan fingerprint density at radius 1 is 0.703 bits per heavy atom. The molecule has 0 unspecified atom stereocenters. The van der Waals surface area contributed by atoms with Gasteiger partial charge in [0.1, 0.15) is 0 Å². The van der Waals surface area contributed by atoms with Crippen LogP contribution in [-0.4, -0.2) is 35.3 Å². The average molecular weight is 526 g/mol. The highest BCUT2D eigenvalue weighted by Gasteiger charge is 2.45. The number of aliphatic hydroxyl groups excluding tert-OH is 1. The number of nitrogens with zero attached hydrogens (tertiary/aromatic N) is 1. The predicted molar refractivity (Wildman–Crippen MR) is 146 cm³/mol. The van der Waals surface area contributed by atoms with Crippen LogP contribution in [0, 0.1) is 35.5 Å². The molecule has 0 bridgehead atoms. The van der Waals surface area contributed by atoms with E-state index in [1.54, 1.807) is 0 Å². The quantitative estimate of drug-likeness (QED) is 0.287. The summed E-state index contributed by atoms with van der Waals surface area (Å²) in [6.07, 6.45) is 18.4. The first kappa shape index (κ1) is 29.3. The summed E-state index contributed by atoms with van der Waals surface area (Å²) in [5.41, 5.74) is 0. The molecule has 4 aliphatic rings. The first-order chi connectivity index (χ1) is 17.8. The molecule has 0 amide bonds. The zero-order valence-corrected chi connectivity index (χ0v) is 23.3. The molecule has 2 nitrogen and oxygen atoms in total. The second-order valence-corrected chi connectivity index (χ2v) is 13.5. The van der Waals surface area contributed by atoms with E-state index >= 15 is 0 Å². The van der Waals surface area contributed by atoms with Gasteiger partial charge in [0.05, 0.1) is 11.7 Å². The van der Waals surface area contributed by atoms with Crippen molar-refractivity contribution in [1.29, 1.82) is 0 Å². The highest BCUT2D eigenvalue weighted by atomic mass is 19.4. The van der Waals surface area contributed by atoms with E-state index < -0.39 is 12.1 Å². The third kappa shape index (κ3) is 8.90. The van der Waals surface area contributed by atoms with Gasteiger partial charge in [-0.15, -0.1) is 0 Å². The van der Waals surface area contributed by atoms with Crippen LogP contribution in [0.2, 0.25) is 0 Å². The minimum Gasteiger partial charge on any atom is -0.513 e. The van der Waals surface area contributed by atoms with Gasteiger partial charge in [0.2, 0.25) is 0 Å². The van der Waals surface area contributed by atoms with Gasteiger partial charge in [-0.1, -0.05) is 70.8 Å². The number of alkyl halides is 3. The Bertz CT molecular complexity index is 652. The Morgan fingerprint density at radius 3 is 1.73 bits per heavy atom. The van der Waals surface area contributed by atoms with E-state index in [1.807, 2.05) is 0 Å². The fraction of sp³-hybridized carbons (Fsp3) is 0.938. The summed E-state index contributed by atoms with van der Waals surface area (Å²) in [5.74, 6) is 2.18. The molecule has 5 heteroatoms. The molecule has 0 heterocycles. The van der Waals surface area contributed by atoms with Crippen LogP contribution in [0.3, 0.4) is 0 Å². The predicted octanol–water partition coefficient (Wildman–Crippen LogP) is 9.84. The molecular weight excluding hydrogens is 471 g/mol. The van der Waals surface area contributed by atoms with Crippen LogP contribution in [0.25, 0.3) is 0 Å². The summed E-state index contributed by atoms with van der Waals surface area (Å²) in [7, 11) is 0. The van der Waals surface area contributed by atoms with Gasteiger partial charge in [0, 0.05) is 12.5 Å². The minimum absolute atomic E-state index is 0.273. The molecule has 4 rings (SSSR count). The largest absolute Gasteiger partial charge is 0.513 e. The van der Waals surface area contributed by atoms with Crippen molar-refractivity contribution >= 4 is 0 Å². The second-order valence-electron chi connectivity index (χ2n) is 13.5. The fourth-order valence-electron chi connectivity index (χ4n) is 8.73. The van der Waals surface area contributed by atoms with Gasteiger partial charge < -0.3 is 10.0 Å². The maximum absolute atomic E-state index is 13.4. The van der Waals surface area contributed by atoms with E-state index in [1.165, 1.54) is 90.1 Å². The van der Waals surface area contributed by atoms with Crippen LogP contribution in [-0.2, 0) is 0 Å². The lowest BCUT2D eigenvalue weighted by atomic mass is 9.65. The Labute approximate surface area is 224 Å². The van der Waals surface area contributed by atoms with Gasteiger partial charge >= 0.3 is 6.18 Å². The molecule has 4 aliphatic carbocycles. The molecule has 0 spiro atoms. The van der Waals surface area contributed by atoms with Crippen LogP contribution in [0.5, 0.6) is 0 Å². The van der Waals surface area contributed by atoms with Crippen molar-refractivity contribution in [2.24, 2.45) is 35.5 Å². The number of hydrogen-bond donors (Lipinski definition) is 1. The molecular formula is C32H54F3NO. The molecule has 0 aromatic carbocycles. The molecule has 4 fully saturated rings. The van der Waals surface area contributed by atoms with Crippen molar-refractivity contribution in [2.75, 3.05) is 13.1 Å². The summed E-state index contributed by atoms with van der Waals surface area (Å²) in [5, 5.41) is 9.93. The molecule has 1 N–H and O–H groups in total. The summed E-state index contributed by atoms with van der Waals surface area (Å²) < 4.78 is 40.3. The number of aliphatic hydroxyl groups is 1. The minimum atomic E-state index is -4.04. The first-order valence-corrected chi connectivity index (χ1v) is 16.0. The number of allylic oxidation sites excluding steroid dienone is 1. The van der Waals surface area contributed by atoms with E-state index in [2.05, 4.69) is 11.5 Å². The van der Waals surface area contributed by atoms with Crippen molar-refractivity contribution in [3.63, 3.8) is 0 Å². The van der Waals surface area contributed by atoms with Gasteiger partial charge in [-0.05, 0) is 100 Å². The van der Waals surface area contributed by atoms with E-state index in [4.69, 9.17) is 0 Å². The van der Waals surface area contributed by atoms with Crippen LogP contribution in [0.1, 0.15) is 128 Å². The zero-order chi connectivity index (χ0) is 26.3. The first-order valence-electron chi connectivity index (χ1n) is 16.0. The van der Waals surface area contributed by atoms with Gasteiger partial charge in [0.15, 0.2) is 0 Å². The second kappa shape index (κ2) is 14.1. The molecule has 0 radical (unpaired) electrons. The summed E-state index contributed by atoms with van der Waals surface area (Å²) in [4.78, 5) is 2.84. The lowest BCUT2D eigenvalue weighted by Crippen LogP contribution is -2.49. The number of rotatable bonds is 10. The van der Waals surface area contributed by atoms with Crippen LogP contribution in [0.4, 0.5) is 13.2 Å². The molecule has 3 atom stereocenters. The zero-order valence-electron chi connectivity index (χ0n) is 23.3. The number of hydrogen-bond acceptors (Lipinski definition) is 2. The number of halogens is 3. The Balaban J connectivity index is 1.45. The highest BCUT2D eigenvalue weighted by Crippen LogP contribution is 2.47. The topological polar surface area (TPSA) is 23.5 Å². The lowest BCUT2D eigenvalue weighted by Gasteiger charge is -2.48. The smallest absolute Gasteiger partial charge is 0.391 e. The average Bonchev–Trinajstić information content (AvgIpc) is 2.89. The monoisotopic (exact) mass is 525 g/mol. The highest BCUT2D eigenvalue weighted by molar-refractivity contribution is 4.95. The molecule has 0 aliphatic heterocycles. The van der Waals surface area contributed by atoms with Crippen molar-refractivity contribution < 1.29 is 18.3 Å².